The normalized spacial score (nSPS) is 14.3. The van der Waals surface area contributed by atoms with Crippen LogP contribution in [0.15, 0.2) is 55.0 Å². The molecule has 0 atom stereocenters. The molecule has 1 aliphatic heterocycles. The SMILES string of the molecule is Cc1ccc(-c2cc(C(F)F)n3ncc(C(=O)N4CCN(c5ncccn5)CC4)c3n2)cc1. The highest BCUT2D eigenvalue weighted by molar-refractivity contribution is 6.00. The fraction of sp³-hybridized carbons (Fsp3) is 0.261. The monoisotopic (exact) mass is 449 g/mol. The number of piperazine rings is 1. The second-order valence-electron chi connectivity index (χ2n) is 7.85. The van der Waals surface area contributed by atoms with Crippen LogP contribution in [-0.4, -0.2) is 61.6 Å². The molecule has 0 spiro atoms. The molecule has 0 unspecified atom stereocenters. The van der Waals surface area contributed by atoms with Crippen LogP contribution in [0.1, 0.15) is 28.0 Å². The van der Waals surface area contributed by atoms with E-state index in [4.69, 9.17) is 0 Å². The summed E-state index contributed by atoms with van der Waals surface area (Å²) in [5.41, 5.74) is 2.15. The van der Waals surface area contributed by atoms with Gasteiger partial charge in [-0.15, -0.1) is 0 Å². The lowest BCUT2D eigenvalue weighted by molar-refractivity contribution is 0.0747. The predicted octanol–water partition coefficient (Wildman–Crippen LogP) is 3.39. The summed E-state index contributed by atoms with van der Waals surface area (Å²) in [5.74, 6) is 0.332. The zero-order chi connectivity index (χ0) is 22.9. The van der Waals surface area contributed by atoms with Crippen LogP contribution in [0, 0.1) is 6.92 Å². The number of rotatable bonds is 4. The number of nitrogens with zero attached hydrogens (tertiary/aromatic N) is 7. The minimum absolute atomic E-state index is 0.127. The van der Waals surface area contributed by atoms with Crippen molar-refractivity contribution in [1.29, 1.82) is 0 Å². The minimum Gasteiger partial charge on any atom is -0.337 e. The largest absolute Gasteiger partial charge is 0.337 e. The van der Waals surface area contributed by atoms with Gasteiger partial charge in [0, 0.05) is 44.1 Å². The topological polar surface area (TPSA) is 79.5 Å². The van der Waals surface area contributed by atoms with Gasteiger partial charge in [-0.1, -0.05) is 29.8 Å². The third kappa shape index (κ3) is 3.99. The number of halogens is 2. The van der Waals surface area contributed by atoms with Gasteiger partial charge in [0.05, 0.1) is 11.9 Å². The molecule has 33 heavy (non-hydrogen) atoms. The van der Waals surface area contributed by atoms with E-state index in [9.17, 15) is 13.6 Å². The zero-order valence-electron chi connectivity index (χ0n) is 17.9. The number of benzene rings is 1. The quantitative estimate of drug-likeness (QED) is 0.475. The van der Waals surface area contributed by atoms with Crippen LogP contribution in [0.25, 0.3) is 16.9 Å². The first kappa shape index (κ1) is 20.9. The van der Waals surface area contributed by atoms with Gasteiger partial charge < -0.3 is 9.80 Å². The molecule has 0 aliphatic carbocycles. The lowest BCUT2D eigenvalue weighted by atomic mass is 10.1. The van der Waals surface area contributed by atoms with Crippen molar-refractivity contribution in [1.82, 2.24) is 29.5 Å². The van der Waals surface area contributed by atoms with E-state index in [0.717, 1.165) is 10.1 Å². The highest BCUT2D eigenvalue weighted by atomic mass is 19.3. The van der Waals surface area contributed by atoms with Gasteiger partial charge in [0.15, 0.2) is 5.65 Å². The molecule has 0 radical (unpaired) electrons. The van der Waals surface area contributed by atoms with Crippen LogP contribution in [0.4, 0.5) is 14.7 Å². The molecule has 1 saturated heterocycles. The Kier molecular flexibility index (Phi) is 5.41. The van der Waals surface area contributed by atoms with Gasteiger partial charge >= 0.3 is 0 Å². The number of amides is 1. The highest BCUT2D eigenvalue weighted by Crippen LogP contribution is 2.27. The Hall–Kier alpha value is -3.95. The van der Waals surface area contributed by atoms with E-state index in [-0.39, 0.29) is 22.8 Å². The van der Waals surface area contributed by atoms with Gasteiger partial charge in [-0.05, 0) is 19.1 Å². The molecule has 10 heteroatoms. The zero-order valence-corrected chi connectivity index (χ0v) is 17.9. The highest BCUT2D eigenvalue weighted by Gasteiger charge is 2.27. The van der Waals surface area contributed by atoms with Crippen molar-refractivity contribution in [2.24, 2.45) is 0 Å². The van der Waals surface area contributed by atoms with E-state index >= 15 is 0 Å². The molecule has 1 amide bonds. The standard InChI is InChI=1S/C23H21F2N7O/c1-15-3-5-16(6-4-15)18-13-19(20(24)25)32-21(29-18)17(14-28-32)22(33)30-9-11-31(12-10-30)23-26-7-2-8-27-23/h2-8,13-14,20H,9-12H2,1H3. The van der Waals surface area contributed by atoms with E-state index in [1.807, 2.05) is 36.1 Å². The average molecular weight is 449 g/mol. The summed E-state index contributed by atoms with van der Waals surface area (Å²) in [5, 5.41) is 4.06. The maximum absolute atomic E-state index is 13.8. The molecular formula is C23H21F2N7O. The molecular weight excluding hydrogens is 428 g/mol. The smallest absolute Gasteiger partial charge is 0.280 e. The van der Waals surface area contributed by atoms with Gasteiger partial charge in [-0.3, -0.25) is 4.79 Å². The lowest BCUT2D eigenvalue weighted by Gasteiger charge is -2.34. The van der Waals surface area contributed by atoms with Crippen LogP contribution < -0.4 is 4.90 Å². The molecule has 0 N–H and O–H groups in total. The Morgan fingerprint density at radius 3 is 2.39 bits per heavy atom. The Balaban J connectivity index is 1.45. The fourth-order valence-corrected chi connectivity index (χ4v) is 3.90. The summed E-state index contributed by atoms with van der Waals surface area (Å²) in [7, 11) is 0. The molecule has 4 heterocycles. The molecule has 168 valence electrons. The van der Waals surface area contributed by atoms with E-state index < -0.39 is 6.43 Å². The van der Waals surface area contributed by atoms with E-state index in [0.29, 0.717) is 43.4 Å². The Morgan fingerprint density at radius 2 is 1.73 bits per heavy atom. The first-order valence-corrected chi connectivity index (χ1v) is 10.6. The minimum atomic E-state index is -2.77. The molecule has 0 saturated carbocycles. The number of hydrogen-bond acceptors (Lipinski definition) is 6. The van der Waals surface area contributed by atoms with Crippen molar-refractivity contribution in [3.63, 3.8) is 0 Å². The van der Waals surface area contributed by atoms with Crippen LogP contribution >= 0.6 is 0 Å². The molecule has 4 aromatic rings. The van der Waals surface area contributed by atoms with Gasteiger partial charge in [0.25, 0.3) is 12.3 Å². The van der Waals surface area contributed by atoms with Gasteiger partial charge in [-0.25, -0.2) is 28.2 Å². The van der Waals surface area contributed by atoms with Gasteiger partial charge in [-0.2, -0.15) is 5.10 Å². The molecule has 8 nitrogen and oxygen atoms in total. The number of carbonyl (C=O) groups is 1. The number of aromatic nitrogens is 5. The van der Waals surface area contributed by atoms with Crippen molar-refractivity contribution in [3.8, 4) is 11.3 Å². The number of anilines is 1. The van der Waals surface area contributed by atoms with Crippen molar-refractivity contribution in [2.45, 2.75) is 13.3 Å². The molecule has 1 aliphatic rings. The number of aryl methyl sites for hydroxylation is 1. The second kappa shape index (κ2) is 8.53. The second-order valence-corrected chi connectivity index (χ2v) is 7.85. The maximum atomic E-state index is 13.8. The summed E-state index contributed by atoms with van der Waals surface area (Å²) in [6, 6.07) is 10.5. The summed E-state index contributed by atoms with van der Waals surface area (Å²) in [4.78, 5) is 30.0. The predicted molar refractivity (Wildman–Crippen MR) is 118 cm³/mol. The van der Waals surface area contributed by atoms with E-state index in [2.05, 4.69) is 20.1 Å². The average Bonchev–Trinajstić information content (AvgIpc) is 3.28. The van der Waals surface area contributed by atoms with E-state index in [1.54, 1.807) is 23.4 Å². The van der Waals surface area contributed by atoms with Crippen molar-refractivity contribution in [2.75, 3.05) is 31.1 Å². The van der Waals surface area contributed by atoms with Crippen molar-refractivity contribution >= 4 is 17.5 Å². The van der Waals surface area contributed by atoms with Crippen LogP contribution in [0.5, 0.6) is 0 Å². The van der Waals surface area contributed by atoms with E-state index in [1.165, 1.54) is 12.3 Å². The van der Waals surface area contributed by atoms with Crippen molar-refractivity contribution < 1.29 is 13.6 Å². The number of alkyl halides is 2. The molecule has 1 fully saturated rings. The molecule has 5 rings (SSSR count). The number of carbonyl (C=O) groups excluding carboxylic acids is 1. The molecule has 1 aromatic carbocycles. The Morgan fingerprint density at radius 1 is 1.03 bits per heavy atom. The number of hydrogen-bond donors (Lipinski definition) is 0. The third-order valence-electron chi connectivity index (χ3n) is 5.70. The Bertz CT molecular complexity index is 1280. The fourth-order valence-electron chi connectivity index (χ4n) is 3.90. The Labute approximate surface area is 188 Å². The van der Waals surface area contributed by atoms with Crippen molar-refractivity contribution in [3.05, 3.63) is 71.8 Å². The number of fused-ring (bicyclic) bond motifs is 1. The maximum Gasteiger partial charge on any atom is 0.280 e. The van der Waals surface area contributed by atoms with Crippen LogP contribution in [-0.2, 0) is 0 Å². The first-order valence-electron chi connectivity index (χ1n) is 10.6. The third-order valence-corrected chi connectivity index (χ3v) is 5.70. The molecule has 0 bridgehead atoms. The van der Waals surface area contributed by atoms with Gasteiger partial charge in [0.2, 0.25) is 5.95 Å². The summed E-state index contributed by atoms with van der Waals surface area (Å²) < 4.78 is 28.7. The van der Waals surface area contributed by atoms with Crippen LogP contribution in [0.3, 0.4) is 0 Å². The summed E-state index contributed by atoms with van der Waals surface area (Å²) >= 11 is 0. The van der Waals surface area contributed by atoms with Gasteiger partial charge in [0.1, 0.15) is 11.3 Å². The summed E-state index contributed by atoms with van der Waals surface area (Å²) in [6.45, 7) is 3.99. The first-order chi connectivity index (χ1) is 16.0. The molecule has 3 aromatic heterocycles. The lowest BCUT2D eigenvalue weighted by Crippen LogP contribution is -2.49. The van der Waals surface area contributed by atoms with Crippen LogP contribution in [0.2, 0.25) is 0 Å². The summed E-state index contributed by atoms with van der Waals surface area (Å²) in [6.07, 6.45) is 1.91.